The van der Waals surface area contributed by atoms with Crippen LogP contribution in [0.1, 0.15) is 35.4 Å². The number of alkyl halides is 3. The first kappa shape index (κ1) is 15.6. The molecule has 2 N–H and O–H groups in total. The highest BCUT2D eigenvalue weighted by atomic mass is 127. The summed E-state index contributed by atoms with van der Waals surface area (Å²) in [6.45, 7) is 2.64. The first-order valence-electron chi connectivity index (χ1n) is 7.31. The van der Waals surface area contributed by atoms with E-state index in [1.54, 1.807) is 6.07 Å². The topological polar surface area (TPSA) is 24.1 Å². The van der Waals surface area contributed by atoms with Crippen LogP contribution >= 0.6 is 22.6 Å². The highest BCUT2D eigenvalue weighted by Gasteiger charge is 2.38. The SMILES string of the molecule is FC(F)(F)c1ccc(I)c2c1CCCC2C1CNCCN1. The van der Waals surface area contributed by atoms with Crippen LogP contribution in [0.3, 0.4) is 0 Å². The molecule has 0 spiro atoms. The van der Waals surface area contributed by atoms with E-state index >= 15 is 0 Å². The lowest BCUT2D eigenvalue weighted by Crippen LogP contribution is -2.51. The molecule has 2 nitrogen and oxygen atoms in total. The molecule has 1 aromatic rings. The molecule has 3 rings (SSSR count). The Morgan fingerprint density at radius 2 is 2.00 bits per heavy atom. The molecule has 1 saturated heterocycles. The zero-order valence-corrected chi connectivity index (χ0v) is 13.7. The van der Waals surface area contributed by atoms with Crippen molar-refractivity contribution in [1.82, 2.24) is 10.6 Å². The van der Waals surface area contributed by atoms with E-state index in [1.807, 2.05) is 0 Å². The minimum atomic E-state index is -4.26. The Morgan fingerprint density at radius 3 is 2.67 bits per heavy atom. The maximum atomic E-state index is 13.2. The van der Waals surface area contributed by atoms with Crippen molar-refractivity contribution in [2.24, 2.45) is 0 Å². The number of halogens is 4. The van der Waals surface area contributed by atoms with E-state index in [-0.39, 0.29) is 12.0 Å². The van der Waals surface area contributed by atoms with Gasteiger partial charge in [-0.05, 0) is 65.1 Å². The van der Waals surface area contributed by atoms with Gasteiger partial charge >= 0.3 is 6.18 Å². The van der Waals surface area contributed by atoms with E-state index in [2.05, 4.69) is 33.2 Å². The molecular formula is C15H18F3IN2. The molecule has 6 heteroatoms. The second kappa shape index (κ2) is 6.04. The van der Waals surface area contributed by atoms with Gasteiger partial charge in [0.2, 0.25) is 0 Å². The summed E-state index contributed by atoms with van der Waals surface area (Å²) in [7, 11) is 0. The number of benzene rings is 1. The van der Waals surface area contributed by atoms with Crippen LogP contribution in [0.4, 0.5) is 13.2 Å². The summed E-state index contributed by atoms with van der Waals surface area (Å²) < 4.78 is 40.7. The molecule has 0 amide bonds. The molecule has 21 heavy (non-hydrogen) atoms. The van der Waals surface area contributed by atoms with Crippen molar-refractivity contribution < 1.29 is 13.2 Å². The van der Waals surface area contributed by atoms with Crippen LogP contribution in [0.2, 0.25) is 0 Å². The largest absolute Gasteiger partial charge is 0.416 e. The highest BCUT2D eigenvalue weighted by molar-refractivity contribution is 14.1. The van der Waals surface area contributed by atoms with Crippen molar-refractivity contribution >= 4 is 22.6 Å². The molecular weight excluding hydrogens is 392 g/mol. The Kier molecular flexibility index (Phi) is 4.47. The smallest absolute Gasteiger partial charge is 0.314 e. The number of fused-ring (bicyclic) bond motifs is 1. The normalized spacial score (nSPS) is 26.5. The highest BCUT2D eigenvalue weighted by Crippen LogP contribution is 2.43. The third-order valence-corrected chi connectivity index (χ3v) is 5.42. The Bertz CT molecular complexity index is 524. The summed E-state index contributed by atoms with van der Waals surface area (Å²) >= 11 is 2.18. The Balaban J connectivity index is 2.04. The van der Waals surface area contributed by atoms with Crippen LogP contribution in [-0.2, 0) is 12.6 Å². The summed E-state index contributed by atoms with van der Waals surface area (Å²) in [5.74, 6) is 0.177. The van der Waals surface area contributed by atoms with Gasteiger partial charge in [-0.2, -0.15) is 13.2 Å². The van der Waals surface area contributed by atoms with Crippen LogP contribution in [-0.4, -0.2) is 25.7 Å². The van der Waals surface area contributed by atoms with Crippen molar-refractivity contribution in [3.8, 4) is 0 Å². The maximum Gasteiger partial charge on any atom is 0.416 e. The zero-order valence-electron chi connectivity index (χ0n) is 11.6. The molecule has 0 radical (unpaired) electrons. The predicted molar refractivity (Wildman–Crippen MR) is 84.5 cm³/mol. The summed E-state index contributed by atoms with van der Waals surface area (Å²) in [4.78, 5) is 0. The van der Waals surface area contributed by atoms with Gasteiger partial charge in [0.15, 0.2) is 0 Å². The van der Waals surface area contributed by atoms with Crippen LogP contribution < -0.4 is 10.6 Å². The summed E-state index contributed by atoms with van der Waals surface area (Å²) in [6, 6.07) is 3.10. The van der Waals surface area contributed by atoms with E-state index in [9.17, 15) is 13.2 Å². The number of rotatable bonds is 1. The minimum absolute atomic E-state index is 0.177. The zero-order chi connectivity index (χ0) is 15.0. The second-order valence-electron chi connectivity index (χ2n) is 5.75. The van der Waals surface area contributed by atoms with Gasteiger partial charge in [0.25, 0.3) is 0 Å². The Labute approximate surface area is 136 Å². The molecule has 0 bridgehead atoms. The molecule has 1 aliphatic heterocycles. The van der Waals surface area contributed by atoms with Gasteiger partial charge in [-0.1, -0.05) is 0 Å². The maximum absolute atomic E-state index is 13.2. The molecule has 1 aromatic carbocycles. The average molecular weight is 410 g/mol. The van der Waals surface area contributed by atoms with E-state index in [4.69, 9.17) is 0 Å². The molecule has 1 fully saturated rings. The number of hydrogen-bond acceptors (Lipinski definition) is 2. The number of hydrogen-bond donors (Lipinski definition) is 2. The van der Waals surface area contributed by atoms with Crippen molar-refractivity contribution in [1.29, 1.82) is 0 Å². The van der Waals surface area contributed by atoms with Gasteiger partial charge in [-0.15, -0.1) is 0 Å². The summed E-state index contributed by atoms with van der Waals surface area (Å²) in [5.41, 5.74) is 1.02. The molecule has 1 heterocycles. The fourth-order valence-electron chi connectivity index (χ4n) is 3.58. The second-order valence-corrected chi connectivity index (χ2v) is 6.91. The fourth-order valence-corrected chi connectivity index (χ4v) is 4.48. The lowest BCUT2D eigenvalue weighted by Gasteiger charge is -2.37. The molecule has 2 atom stereocenters. The van der Waals surface area contributed by atoms with Crippen LogP contribution in [0.5, 0.6) is 0 Å². The number of piperazine rings is 1. The van der Waals surface area contributed by atoms with Crippen LogP contribution in [0.15, 0.2) is 12.1 Å². The van der Waals surface area contributed by atoms with Gasteiger partial charge in [0.1, 0.15) is 0 Å². The first-order valence-corrected chi connectivity index (χ1v) is 8.39. The van der Waals surface area contributed by atoms with Crippen LogP contribution in [0, 0.1) is 3.57 Å². The van der Waals surface area contributed by atoms with E-state index in [0.29, 0.717) is 12.0 Å². The van der Waals surface area contributed by atoms with Gasteiger partial charge in [-0.25, -0.2) is 0 Å². The van der Waals surface area contributed by atoms with E-state index in [1.165, 1.54) is 6.07 Å². The fraction of sp³-hybridized carbons (Fsp3) is 0.600. The predicted octanol–water partition coefficient (Wildman–Crippen LogP) is 3.29. The lowest BCUT2D eigenvalue weighted by molar-refractivity contribution is -0.138. The summed E-state index contributed by atoms with van der Waals surface area (Å²) in [6.07, 6.45) is -1.92. The Morgan fingerprint density at radius 1 is 1.19 bits per heavy atom. The van der Waals surface area contributed by atoms with Crippen molar-refractivity contribution in [3.05, 3.63) is 32.4 Å². The van der Waals surface area contributed by atoms with Gasteiger partial charge in [0.05, 0.1) is 5.56 Å². The standard InChI is InChI=1S/C15H18F3IN2/c16-15(17,18)11-4-5-12(19)14-9(11)2-1-3-10(14)13-8-20-6-7-21-13/h4-5,10,13,20-21H,1-3,6-8H2. The van der Waals surface area contributed by atoms with Crippen molar-refractivity contribution in [2.75, 3.05) is 19.6 Å². The molecule has 1 aliphatic carbocycles. The lowest BCUT2D eigenvalue weighted by atomic mass is 9.76. The van der Waals surface area contributed by atoms with Crippen LogP contribution in [0.25, 0.3) is 0 Å². The molecule has 116 valence electrons. The van der Waals surface area contributed by atoms with Crippen molar-refractivity contribution in [3.63, 3.8) is 0 Å². The summed E-state index contributed by atoms with van der Waals surface area (Å²) in [5, 5.41) is 6.81. The van der Waals surface area contributed by atoms with Gasteiger partial charge in [-0.3, -0.25) is 0 Å². The molecule has 2 unspecified atom stereocenters. The van der Waals surface area contributed by atoms with Crippen molar-refractivity contribution in [2.45, 2.75) is 37.4 Å². The first-order chi connectivity index (χ1) is 9.98. The van der Waals surface area contributed by atoms with Gasteiger partial charge in [0, 0.05) is 35.2 Å². The van der Waals surface area contributed by atoms with Gasteiger partial charge < -0.3 is 10.6 Å². The number of nitrogens with one attached hydrogen (secondary N) is 2. The molecule has 2 aliphatic rings. The van der Waals surface area contributed by atoms with E-state index in [0.717, 1.165) is 41.6 Å². The third-order valence-electron chi connectivity index (χ3n) is 4.48. The quantitative estimate of drug-likeness (QED) is 0.695. The third kappa shape index (κ3) is 3.07. The molecule has 0 aromatic heterocycles. The average Bonchev–Trinajstić information content (AvgIpc) is 2.46. The molecule has 0 saturated carbocycles. The van der Waals surface area contributed by atoms with E-state index < -0.39 is 11.7 Å². The monoisotopic (exact) mass is 410 g/mol. The Hall–Kier alpha value is -0.340. The minimum Gasteiger partial charge on any atom is -0.314 e.